The Kier molecular flexibility index (Phi) is 4.39. The Labute approximate surface area is 150 Å². The summed E-state index contributed by atoms with van der Waals surface area (Å²) in [5, 5.41) is 13.5. The highest BCUT2D eigenvalue weighted by atomic mass is 16.6. The topological polar surface area (TPSA) is 113 Å². The lowest BCUT2D eigenvalue weighted by atomic mass is 9.87. The van der Waals surface area contributed by atoms with E-state index in [1.165, 1.54) is 29.2 Å². The van der Waals surface area contributed by atoms with E-state index in [0.29, 0.717) is 31.5 Å². The first-order valence-corrected chi connectivity index (χ1v) is 8.45. The molecule has 1 aromatic rings. The summed E-state index contributed by atoms with van der Waals surface area (Å²) in [5.74, 6) is -0.479. The van der Waals surface area contributed by atoms with E-state index in [0.717, 1.165) is 0 Å². The van der Waals surface area contributed by atoms with Crippen molar-refractivity contribution in [2.24, 2.45) is 0 Å². The van der Waals surface area contributed by atoms with E-state index >= 15 is 0 Å². The van der Waals surface area contributed by atoms with Crippen LogP contribution in [-0.2, 0) is 4.79 Å². The number of non-ortho nitro benzene ring substituents is 1. The molecule has 2 saturated heterocycles. The number of piperidine rings is 1. The maximum absolute atomic E-state index is 12.7. The third kappa shape index (κ3) is 2.89. The number of nitrogens with one attached hydrogen (secondary N) is 1. The van der Waals surface area contributed by atoms with Gasteiger partial charge >= 0.3 is 6.03 Å². The Morgan fingerprint density at radius 2 is 1.77 bits per heavy atom. The van der Waals surface area contributed by atoms with Gasteiger partial charge in [-0.25, -0.2) is 4.79 Å². The first kappa shape index (κ1) is 17.8. The van der Waals surface area contributed by atoms with E-state index in [1.54, 1.807) is 18.7 Å². The summed E-state index contributed by atoms with van der Waals surface area (Å²) in [7, 11) is 0. The molecule has 0 unspecified atom stereocenters. The van der Waals surface area contributed by atoms with Crippen LogP contribution in [0.4, 0.5) is 10.5 Å². The van der Waals surface area contributed by atoms with Gasteiger partial charge in [-0.1, -0.05) is 0 Å². The molecule has 26 heavy (non-hydrogen) atoms. The van der Waals surface area contributed by atoms with Crippen LogP contribution in [0.2, 0.25) is 0 Å². The van der Waals surface area contributed by atoms with Crippen LogP contribution in [0.25, 0.3) is 0 Å². The molecular weight excluding hydrogens is 340 g/mol. The fourth-order valence-corrected chi connectivity index (χ4v) is 3.45. The van der Waals surface area contributed by atoms with Crippen molar-refractivity contribution >= 4 is 23.5 Å². The summed E-state index contributed by atoms with van der Waals surface area (Å²) >= 11 is 0. The van der Waals surface area contributed by atoms with Crippen molar-refractivity contribution in [3.8, 4) is 0 Å². The summed E-state index contributed by atoms with van der Waals surface area (Å²) in [4.78, 5) is 50.3. The number of urea groups is 1. The lowest BCUT2D eigenvalue weighted by molar-refractivity contribution is -0.384. The van der Waals surface area contributed by atoms with Gasteiger partial charge in [-0.2, -0.15) is 0 Å². The minimum absolute atomic E-state index is 0.0767. The Morgan fingerprint density at radius 3 is 2.23 bits per heavy atom. The number of nitro benzene ring substituents is 1. The molecule has 2 aliphatic rings. The number of benzene rings is 1. The van der Waals surface area contributed by atoms with Gasteiger partial charge in [0.15, 0.2) is 0 Å². The normalized spacial score (nSPS) is 19.2. The summed E-state index contributed by atoms with van der Waals surface area (Å²) in [6.07, 6.45) is 0.693. The molecule has 0 saturated carbocycles. The fourth-order valence-electron chi connectivity index (χ4n) is 3.45. The summed E-state index contributed by atoms with van der Waals surface area (Å²) < 4.78 is 0. The van der Waals surface area contributed by atoms with Gasteiger partial charge in [-0.3, -0.25) is 24.6 Å². The molecule has 1 aromatic carbocycles. The SMILES string of the molecule is CC(C)N1C(=O)NC2(CCN(C(=O)c3ccc([N+](=O)[O-])cc3)CC2)C1=O. The van der Waals surface area contributed by atoms with Crippen LogP contribution in [-0.4, -0.2) is 57.2 Å². The van der Waals surface area contributed by atoms with Crippen molar-refractivity contribution in [2.45, 2.75) is 38.3 Å². The number of nitro groups is 1. The van der Waals surface area contributed by atoms with E-state index in [4.69, 9.17) is 0 Å². The molecule has 1 N–H and O–H groups in total. The summed E-state index contributed by atoms with van der Waals surface area (Å²) in [5.41, 5.74) is -0.655. The van der Waals surface area contributed by atoms with Crippen LogP contribution in [0.1, 0.15) is 37.0 Å². The molecule has 4 amide bonds. The first-order chi connectivity index (χ1) is 12.2. The van der Waals surface area contributed by atoms with E-state index in [9.17, 15) is 24.5 Å². The van der Waals surface area contributed by atoms with Crippen LogP contribution >= 0.6 is 0 Å². The van der Waals surface area contributed by atoms with Crippen LogP contribution in [0, 0.1) is 10.1 Å². The minimum Gasteiger partial charge on any atom is -0.338 e. The van der Waals surface area contributed by atoms with Gasteiger partial charge in [0.05, 0.1) is 4.92 Å². The zero-order valence-corrected chi connectivity index (χ0v) is 14.6. The molecule has 3 rings (SSSR count). The molecule has 138 valence electrons. The van der Waals surface area contributed by atoms with Gasteiger partial charge in [0.1, 0.15) is 5.54 Å². The maximum atomic E-state index is 12.7. The second-order valence-corrected chi connectivity index (χ2v) is 6.88. The van der Waals surface area contributed by atoms with Gasteiger partial charge in [0.2, 0.25) is 0 Å². The molecule has 1 spiro atoms. The molecule has 0 bridgehead atoms. The largest absolute Gasteiger partial charge is 0.338 e. The van der Waals surface area contributed by atoms with Crippen LogP contribution in [0.5, 0.6) is 0 Å². The van der Waals surface area contributed by atoms with E-state index in [-0.39, 0.29) is 29.6 Å². The lowest BCUT2D eigenvalue weighted by Gasteiger charge is -2.37. The zero-order valence-electron chi connectivity index (χ0n) is 14.6. The van der Waals surface area contributed by atoms with Gasteiger partial charge < -0.3 is 10.2 Å². The first-order valence-electron chi connectivity index (χ1n) is 8.45. The van der Waals surface area contributed by atoms with Crippen molar-refractivity contribution in [2.75, 3.05) is 13.1 Å². The molecule has 0 aromatic heterocycles. The van der Waals surface area contributed by atoms with Crippen molar-refractivity contribution in [3.05, 3.63) is 39.9 Å². The highest BCUT2D eigenvalue weighted by molar-refractivity contribution is 6.07. The zero-order chi connectivity index (χ0) is 19.1. The molecule has 0 atom stereocenters. The molecule has 2 heterocycles. The van der Waals surface area contributed by atoms with Crippen molar-refractivity contribution < 1.29 is 19.3 Å². The minimum atomic E-state index is -0.937. The number of likely N-dealkylation sites (tertiary alicyclic amines) is 1. The standard InChI is InChI=1S/C17H20N4O5/c1-11(2)20-15(23)17(18-16(20)24)7-9-19(10-8-17)14(22)12-3-5-13(6-4-12)21(25)26/h3-6,11H,7-10H2,1-2H3,(H,18,24). The lowest BCUT2D eigenvalue weighted by Crippen LogP contribution is -2.56. The number of hydrogen-bond acceptors (Lipinski definition) is 5. The fraction of sp³-hybridized carbons (Fsp3) is 0.471. The number of carbonyl (C=O) groups excluding carboxylic acids is 3. The number of amides is 4. The number of hydrogen-bond donors (Lipinski definition) is 1. The average Bonchev–Trinajstić information content (AvgIpc) is 2.85. The van der Waals surface area contributed by atoms with Gasteiger partial charge in [0.25, 0.3) is 17.5 Å². The number of imide groups is 1. The van der Waals surface area contributed by atoms with Crippen LogP contribution in [0.3, 0.4) is 0 Å². The molecule has 2 fully saturated rings. The molecule has 0 aliphatic carbocycles. The highest BCUT2D eigenvalue weighted by Crippen LogP contribution is 2.31. The second-order valence-electron chi connectivity index (χ2n) is 6.88. The van der Waals surface area contributed by atoms with Crippen molar-refractivity contribution in [1.82, 2.24) is 15.1 Å². The summed E-state index contributed by atoms with van der Waals surface area (Å²) in [6, 6.07) is 4.82. The van der Waals surface area contributed by atoms with Crippen molar-refractivity contribution in [3.63, 3.8) is 0 Å². The third-order valence-electron chi connectivity index (χ3n) is 4.94. The number of carbonyl (C=O) groups is 3. The van der Waals surface area contributed by atoms with Crippen molar-refractivity contribution in [1.29, 1.82) is 0 Å². The average molecular weight is 360 g/mol. The second kappa shape index (κ2) is 6.40. The third-order valence-corrected chi connectivity index (χ3v) is 4.94. The Hall–Kier alpha value is -2.97. The number of nitrogens with zero attached hydrogens (tertiary/aromatic N) is 3. The summed E-state index contributed by atoms with van der Waals surface area (Å²) in [6.45, 7) is 4.22. The highest BCUT2D eigenvalue weighted by Gasteiger charge is 2.53. The van der Waals surface area contributed by atoms with Gasteiger partial charge in [-0.05, 0) is 38.8 Å². The van der Waals surface area contributed by atoms with E-state index in [1.807, 2.05) is 0 Å². The molecular formula is C17H20N4O5. The van der Waals surface area contributed by atoms with E-state index in [2.05, 4.69) is 5.32 Å². The molecule has 9 nitrogen and oxygen atoms in total. The van der Waals surface area contributed by atoms with Crippen LogP contribution < -0.4 is 5.32 Å². The Morgan fingerprint density at radius 1 is 1.19 bits per heavy atom. The predicted molar refractivity (Wildman–Crippen MR) is 91.5 cm³/mol. The van der Waals surface area contributed by atoms with Gasteiger partial charge in [-0.15, -0.1) is 0 Å². The smallest absolute Gasteiger partial charge is 0.325 e. The molecule has 9 heteroatoms. The quantitative estimate of drug-likeness (QED) is 0.499. The molecule has 2 aliphatic heterocycles. The Bertz CT molecular complexity index is 766. The van der Waals surface area contributed by atoms with Crippen LogP contribution in [0.15, 0.2) is 24.3 Å². The van der Waals surface area contributed by atoms with E-state index < -0.39 is 10.5 Å². The monoisotopic (exact) mass is 360 g/mol. The maximum Gasteiger partial charge on any atom is 0.325 e. The van der Waals surface area contributed by atoms with Gasteiger partial charge in [0, 0.05) is 36.8 Å². The Balaban J connectivity index is 1.68. The number of rotatable bonds is 3. The molecule has 0 radical (unpaired) electrons. The predicted octanol–water partition coefficient (Wildman–Crippen LogP) is 1.53.